The SMILES string of the molecule is CC/C=C\C/C=C\C/C=C\C/C=C\C/C=C\C/C=C\C/C=C\C/C=C\C/C=C\C/C=C\CCCCCCCCC(=O)OC(COC(=O)CCCCCCCCC)COP(=O)(O)OCC[N+](C)(C)C. The van der Waals surface area contributed by atoms with Crippen LogP contribution in [0.5, 0.6) is 0 Å². The molecule has 0 saturated carbocycles. The molecule has 0 saturated heterocycles. The molecule has 0 aliphatic rings. The van der Waals surface area contributed by atoms with Gasteiger partial charge in [0.05, 0.1) is 27.7 Å². The van der Waals surface area contributed by atoms with Crippen LogP contribution in [0.3, 0.4) is 0 Å². The molecule has 0 spiro atoms. The molecule has 0 heterocycles. The summed E-state index contributed by atoms with van der Waals surface area (Å²) in [7, 11) is 1.45. The first-order valence-corrected chi connectivity index (χ1v) is 27.8. The first-order chi connectivity index (χ1) is 33.0. The lowest BCUT2D eigenvalue weighted by molar-refractivity contribution is -0.870. The second kappa shape index (κ2) is 48.4. The van der Waals surface area contributed by atoms with E-state index in [1.54, 1.807) is 0 Å². The van der Waals surface area contributed by atoms with Crippen LogP contribution >= 0.6 is 7.82 Å². The molecular formula is C58H97NO8P+. The van der Waals surface area contributed by atoms with Crippen molar-refractivity contribution in [3.05, 3.63) is 122 Å². The van der Waals surface area contributed by atoms with Gasteiger partial charge in [-0.05, 0) is 89.9 Å². The van der Waals surface area contributed by atoms with Crippen molar-refractivity contribution >= 4 is 19.8 Å². The van der Waals surface area contributed by atoms with Crippen LogP contribution in [0.4, 0.5) is 0 Å². The quantitative estimate of drug-likeness (QED) is 0.0211. The number of quaternary nitrogens is 1. The van der Waals surface area contributed by atoms with Crippen molar-refractivity contribution in [1.82, 2.24) is 0 Å². The number of allylic oxidation sites excluding steroid dienone is 20. The molecular weight excluding hydrogens is 870 g/mol. The molecule has 0 radical (unpaired) electrons. The van der Waals surface area contributed by atoms with E-state index in [4.69, 9.17) is 18.5 Å². The van der Waals surface area contributed by atoms with Crippen LogP contribution in [0.15, 0.2) is 122 Å². The van der Waals surface area contributed by atoms with Crippen LogP contribution in [0, 0.1) is 0 Å². The molecule has 0 bridgehead atoms. The number of hydrogen-bond donors (Lipinski definition) is 1. The Bertz CT molecular complexity index is 1560. The predicted molar refractivity (Wildman–Crippen MR) is 288 cm³/mol. The number of phosphoric acid groups is 1. The van der Waals surface area contributed by atoms with Gasteiger partial charge >= 0.3 is 19.8 Å². The van der Waals surface area contributed by atoms with Gasteiger partial charge in [0.15, 0.2) is 6.10 Å². The molecule has 0 amide bonds. The van der Waals surface area contributed by atoms with E-state index in [9.17, 15) is 19.0 Å². The molecule has 0 aromatic rings. The van der Waals surface area contributed by atoms with Gasteiger partial charge in [-0.1, -0.05) is 200 Å². The molecule has 0 aliphatic heterocycles. The zero-order valence-corrected chi connectivity index (χ0v) is 44.4. The van der Waals surface area contributed by atoms with Gasteiger partial charge in [-0.25, -0.2) is 4.57 Å². The smallest absolute Gasteiger partial charge is 0.462 e. The summed E-state index contributed by atoms with van der Waals surface area (Å²) >= 11 is 0. The summed E-state index contributed by atoms with van der Waals surface area (Å²) in [5.41, 5.74) is 0. The molecule has 0 aliphatic carbocycles. The molecule has 0 aromatic carbocycles. The largest absolute Gasteiger partial charge is 0.472 e. The Morgan fingerprint density at radius 2 is 0.838 bits per heavy atom. The van der Waals surface area contributed by atoms with Crippen molar-refractivity contribution in [2.24, 2.45) is 0 Å². The fraction of sp³-hybridized carbons (Fsp3) is 0.621. The Balaban J connectivity index is 4.10. The highest BCUT2D eigenvalue weighted by Gasteiger charge is 2.27. The summed E-state index contributed by atoms with van der Waals surface area (Å²) < 4.78 is 34.2. The molecule has 10 heteroatoms. The summed E-state index contributed by atoms with van der Waals surface area (Å²) in [5, 5.41) is 0. The van der Waals surface area contributed by atoms with E-state index in [2.05, 4.69) is 135 Å². The number of nitrogens with zero attached hydrogens (tertiary/aromatic N) is 1. The molecule has 9 nitrogen and oxygen atoms in total. The summed E-state index contributed by atoms with van der Waals surface area (Å²) in [6, 6.07) is 0. The number of unbranched alkanes of at least 4 members (excludes halogenated alkanes) is 12. The molecule has 0 fully saturated rings. The summed E-state index contributed by atoms with van der Waals surface area (Å²) in [6.07, 6.45) is 68.7. The number of rotatable bonds is 46. The summed E-state index contributed by atoms with van der Waals surface area (Å²) in [4.78, 5) is 35.3. The van der Waals surface area contributed by atoms with Crippen LogP contribution in [-0.4, -0.2) is 74.9 Å². The van der Waals surface area contributed by atoms with Crippen LogP contribution in [0.2, 0.25) is 0 Å². The van der Waals surface area contributed by atoms with Gasteiger partial charge in [0.1, 0.15) is 19.8 Å². The highest BCUT2D eigenvalue weighted by Crippen LogP contribution is 2.43. The fourth-order valence-corrected chi connectivity index (χ4v) is 7.19. The second-order valence-electron chi connectivity index (χ2n) is 18.2. The third-order valence-electron chi connectivity index (χ3n) is 10.5. The van der Waals surface area contributed by atoms with E-state index in [1.807, 2.05) is 21.1 Å². The van der Waals surface area contributed by atoms with Crippen LogP contribution in [0.25, 0.3) is 0 Å². The monoisotopic (exact) mass is 967 g/mol. The lowest BCUT2D eigenvalue weighted by atomic mass is 10.1. The number of likely N-dealkylation sites (N-methyl/N-ethyl adjacent to an activating group) is 1. The molecule has 2 unspecified atom stereocenters. The van der Waals surface area contributed by atoms with E-state index in [0.29, 0.717) is 17.4 Å². The molecule has 386 valence electrons. The number of carbonyl (C=O) groups is 2. The summed E-state index contributed by atoms with van der Waals surface area (Å²) in [5.74, 6) is -0.832. The molecule has 2 atom stereocenters. The Kier molecular flexibility index (Phi) is 45.9. The van der Waals surface area contributed by atoms with Crippen molar-refractivity contribution in [3.8, 4) is 0 Å². The van der Waals surface area contributed by atoms with E-state index in [-0.39, 0.29) is 32.0 Å². The van der Waals surface area contributed by atoms with Crippen molar-refractivity contribution < 1.29 is 42.1 Å². The maximum absolute atomic E-state index is 12.7. The summed E-state index contributed by atoms with van der Waals surface area (Å²) in [6.45, 7) is 4.21. The topological polar surface area (TPSA) is 108 Å². The standard InChI is InChI=1S/C58H96NO8P/c1-6-8-10-12-14-15-16-17-18-19-20-21-22-23-24-25-26-27-28-29-30-31-32-33-34-35-36-37-38-39-40-41-42-43-45-47-49-51-58(61)67-56(55-66-68(62,63)65-53-52-59(3,4)5)54-64-57(60)50-48-46-44-13-11-9-7-2/h8,10,14-15,17-18,20-21,23-24,26-27,29-30,32-33,35-36,38-39,56H,6-7,9,11-13,16,19,22,25,28,31,34,37,40-55H2,1-5H3/p+1/b10-8-,15-14-,18-17-,21-20-,24-23-,27-26-,30-29-,33-32-,36-35-,39-38-. The fourth-order valence-electron chi connectivity index (χ4n) is 6.45. The van der Waals surface area contributed by atoms with E-state index in [1.165, 1.54) is 25.7 Å². The molecule has 0 aromatic heterocycles. The van der Waals surface area contributed by atoms with Gasteiger partial charge in [-0.2, -0.15) is 0 Å². The third kappa shape index (κ3) is 51.8. The number of esters is 2. The average Bonchev–Trinajstić information content (AvgIpc) is 3.30. The predicted octanol–water partition coefficient (Wildman–Crippen LogP) is 16.0. The molecule has 1 N–H and O–H groups in total. The van der Waals surface area contributed by atoms with Crippen LogP contribution in [-0.2, 0) is 32.7 Å². The van der Waals surface area contributed by atoms with E-state index in [0.717, 1.165) is 122 Å². The number of carbonyl (C=O) groups excluding carboxylic acids is 2. The van der Waals surface area contributed by atoms with Gasteiger partial charge in [0, 0.05) is 12.8 Å². The Morgan fingerprint density at radius 1 is 0.471 bits per heavy atom. The van der Waals surface area contributed by atoms with E-state index < -0.39 is 26.5 Å². The number of ether oxygens (including phenoxy) is 2. The zero-order valence-electron chi connectivity index (χ0n) is 43.5. The first-order valence-electron chi connectivity index (χ1n) is 26.3. The van der Waals surface area contributed by atoms with Gasteiger partial charge < -0.3 is 18.9 Å². The maximum atomic E-state index is 12.7. The Morgan fingerprint density at radius 3 is 1.25 bits per heavy atom. The Hall–Kier alpha value is -3.59. The minimum Gasteiger partial charge on any atom is -0.462 e. The lowest BCUT2D eigenvalue weighted by Gasteiger charge is -2.24. The van der Waals surface area contributed by atoms with Crippen molar-refractivity contribution in [2.75, 3.05) is 47.5 Å². The van der Waals surface area contributed by atoms with Crippen molar-refractivity contribution in [1.29, 1.82) is 0 Å². The van der Waals surface area contributed by atoms with Crippen LogP contribution in [0.1, 0.15) is 181 Å². The number of phosphoric ester groups is 1. The lowest BCUT2D eigenvalue weighted by Crippen LogP contribution is -2.37. The zero-order chi connectivity index (χ0) is 49.9. The third-order valence-corrected chi connectivity index (χ3v) is 11.5. The molecule has 68 heavy (non-hydrogen) atoms. The average molecular weight is 967 g/mol. The Labute approximate surface area is 416 Å². The maximum Gasteiger partial charge on any atom is 0.472 e. The molecule has 0 rings (SSSR count). The normalized spacial score (nSPS) is 14.4. The first kappa shape index (κ1) is 64.4. The van der Waals surface area contributed by atoms with Crippen LogP contribution < -0.4 is 0 Å². The van der Waals surface area contributed by atoms with Gasteiger partial charge in [-0.3, -0.25) is 18.6 Å². The van der Waals surface area contributed by atoms with Gasteiger partial charge in [0.25, 0.3) is 0 Å². The van der Waals surface area contributed by atoms with E-state index >= 15 is 0 Å². The van der Waals surface area contributed by atoms with Crippen molar-refractivity contribution in [2.45, 2.75) is 187 Å². The second-order valence-corrected chi connectivity index (χ2v) is 19.6. The highest BCUT2D eigenvalue weighted by atomic mass is 31.2. The van der Waals surface area contributed by atoms with Gasteiger partial charge in [-0.15, -0.1) is 0 Å². The minimum absolute atomic E-state index is 0.0231. The minimum atomic E-state index is -4.38. The van der Waals surface area contributed by atoms with Crippen molar-refractivity contribution in [3.63, 3.8) is 0 Å². The highest BCUT2D eigenvalue weighted by molar-refractivity contribution is 7.47. The number of hydrogen-bond acceptors (Lipinski definition) is 7. The van der Waals surface area contributed by atoms with Gasteiger partial charge in [0.2, 0.25) is 0 Å².